The van der Waals surface area contributed by atoms with Crippen molar-refractivity contribution in [2.24, 2.45) is 0 Å². The molecule has 16 heavy (non-hydrogen) atoms. The molecule has 1 aliphatic carbocycles. The summed E-state index contributed by atoms with van der Waals surface area (Å²) in [5, 5.41) is 8.66. The Balaban J connectivity index is 2.08. The molecule has 1 saturated carbocycles. The molecule has 0 unspecified atom stereocenters. The first-order valence-corrected chi connectivity index (χ1v) is 5.84. The molecule has 0 saturated heterocycles. The minimum Gasteiger partial charge on any atom is -0.352 e. The highest BCUT2D eigenvalue weighted by Crippen LogP contribution is 2.30. The molecule has 2 rings (SSSR count). The lowest BCUT2D eigenvalue weighted by molar-refractivity contribution is 0.702. The van der Waals surface area contributed by atoms with E-state index in [1.165, 1.54) is 25.7 Å². The fourth-order valence-corrected chi connectivity index (χ4v) is 1.73. The minimum atomic E-state index is 0.384. The van der Waals surface area contributed by atoms with E-state index in [1.54, 1.807) is 12.4 Å². The molecule has 84 valence electrons. The number of hydrogen-bond acceptors (Lipinski definition) is 4. The number of unbranched alkanes of at least 4 members (excludes halogenated alkanes) is 1. The molecule has 4 nitrogen and oxygen atoms in total. The van der Waals surface area contributed by atoms with Crippen LogP contribution in [0, 0.1) is 11.3 Å². The Labute approximate surface area is 95.9 Å². The smallest absolute Gasteiger partial charge is 0.158 e. The second-order valence-corrected chi connectivity index (χ2v) is 4.15. The lowest BCUT2D eigenvalue weighted by Crippen LogP contribution is -2.27. The summed E-state index contributed by atoms with van der Waals surface area (Å²) in [6.45, 7) is 3.23. The average molecular weight is 216 g/mol. The van der Waals surface area contributed by atoms with Crippen molar-refractivity contribution in [3.8, 4) is 6.07 Å². The standard InChI is InChI=1S/C12H16N4/c1-2-3-6-16(11-4-5-11)12-9-14-10(7-13)8-15-12/h8-9,11H,2-6H2,1H3. The normalized spacial score (nSPS) is 14.5. The SMILES string of the molecule is CCCCN(c1cnc(C#N)cn1)C1CC1. The molecule has 1 aromatic rings. The summed E-state index contributed by atoms with van der Waals surface area (Å²) >= 11 is 0. The molecule has 4 heteroatoms. The second-order valence-electron chi connectivity index (χ2n) is 4.15. The molecule has 1 aromatic heterocycles. The van der Waals surface area contributed by atoms with Crippen LogP contribution < -0.4 is 4.90 Å². The Morgan fingerprint density at radius 3 is 2.75 bits per heavy atom. The summed E-state index contributed by atoms with van der Waals surface area (Å²) in [4.78, 5) is 10.7. The summed E-state index contributed by atoms with van der Waals surface area (Å²) in [6.07, 6.45) is 8.14. The minimum absolute atomic E-state index is 0.384. The molecule has 1 fully saturated rings. The highest BCUT2D eigenvalue weighted by atomic mass is 15.2. The summed E-state index contributed by atoms with van der Waals surface area (Å²) in [5.74, 6) is 0.912. The largest absolute Gasteiger partial charge is 0.352 e. The predicted molar refractivity (Wildman–Crippen MR) is 62.0 cm³/mol. The van der Waals surface area contributed by atoms with Gasteiger partial charge in [0.25, 0.3) is 0 Å². The highest BCUT2D eigenvalue weighted by Gasteiger charge is 2.29. The lowest BCUT2D eigenvalue weighted by atomic mass is 10.3. The summed E-state index contributed by atoms with van der Waals surface area (Å²) in [5.41, 5.74) is 0.384. The monoisotopic (exact) mass is 216 g/mol. The molecule has 1 heterocycles. The van der Waals surface area contributed by atoms with Gasteiger partial charge in [-0.05, 0) is 19.3 Å². The third kappa shape index (κ3) is 2.48. The van der Waals surface area contributed by atoms with E-state index in [9.17, 15) is 0 Å². The van der Waals surface area contributed by atoms with E-state index in [2.05, 4.69) is 21.8 Å². The zero-order chi connectivity index (χ0) is 11.4. The van der Waals surface area contributed by atoms with Crippen molar-refractivity contribution in [3.05, 3.63) is 18.1 Å². The summed E-state index contributed by atoms with van der Waals surface area (Å²) in [7, 11) is 0. The van der Waals surface area contributed by atoms with Gasteiger partial charge in [0.05, 0.1) is 12.4 Å². The molecule has 0 atom stereocenters. The van der Waals surface area contributed by atoms with Crippen LogP contribution in [0.15, 0.2) is 12.4 Å². The van der Waals surface area contributed by atoms with Crippen LogP contribution in [-0.4, -0.2) is 22.6 Å². The number of hydrogen-bond donors (Lipinski definition) is 0. The molecule has 0 radical (unpaired) electrons. The maximum Gasteiger partial charge on any atom is 0.158 e. The number of nitrogens with zero attached hydrogens (tertiary/aromatic N) is 4. The van der Waals surface area contributed by atoms with Crippen LogP contribution in [0.4, 0.5) is 5.82 Å². The predicted octanol–water partition coefficient (Wildman–Crippen LogP) is 2.12. The van der Waals surface area contributed by atoms with Gasteiger partial charge in [-0.1, -0.05) is 13.3 Å². The highest BCUT2D eigenvalue weighted by molar-refractivity contribution is 5.40. The van der Waals surface area contributed by atoms with Crippen molar-refractivity contribution in [2.75, 3.05) is 11.4 Å². The van der Waals surface area contributed by atoms with Gasteiger partial charge in [-0.3, -0.25) is 0 Å². The van der Waals surface area contributed by atoms with E-state index in [4.69, 9.17) is 5.26 Å². The van der Waals surface area contributed by atoms with E-state index in [1.807, 2.05) is 6.07 Å². The van der Waals surface area contributed by atoms with Gasteiger partial charge < -0.3 is 4.90 Å². The fourth-order valence-electron chi connectivity index (χ4n) is 1.73. The fraction of sp³-hybridized carbons (Fsp3) is 0.583. The van der Waals surface area contributed by atoms with Crippen molar-refractivity contribution >= 4 is 5.82 Å². The molecular formula is C12H16N4. The van der Waals surface area contributed by atoms with Crippen LogP contribution in [0.5, 0.6) is 0 Å². The van der Waals surface area contributed by atoms with Crippen LogP contribution in [0.1, 0.15) is 38.3 Å². The first-order chi connectivity index (χ1) is 7.85. The Bertz CT molecular complexity index is 375. The zero-order valence-corrected chi connectivity index (χ0v) is 9.56. The Hall–Kier alpha value is -1.63. The Morgan fingerprint density at radius 1 is 1.44 bits per heavy atom. The van der Waals surface area contributed by atoms with E-state index >= 15 is 0 Å². The van der Waals surface area contributed by atoms with Gasteiger partial charge in [0.1, 0.15) is 11.9 Å². The number of nitriles is 1. The van der Waals surface area contributed by atoms with E-state index in [-0.39, 0.29) is 0 Å². The van der Waals surface area contributed by atoms with E-state index in [0.29, 0.717) is 11.7 Å². The van der Waals surface area contributed by atoms with E-state index in [0.717, 1.165) is 12.4 Å². The average Bonchev–Trinajstić information content (AvgIpc) is 3.15. The molecule has 0 spiro atoms. The third-order valence-corrected chi connectivity index (χ3v) is 2.79. The summed E-state index contributed by atoms with van der Waals surface area (Å²) < 4.78 is 0. The van der Waals surface area contributed by atoms with Gasteiger partial charge in [0.2, 0.25) is 0 Å². The number of aromatic nitrogens is 2. The Morgan fingerprint density at radius 2 is 2.25 bits per heavy atom. The third-order valence-electron chi connectivity index (χ3n) is 2.79. The second kappa shape index (κ2) is 4.93. The van der Waals surface area contributed by atoms with Gasteiger partial charge >= 0.3 is 0 Å². The number of anilines is 1. The van der Waals surface area contributed by atoms with Crippen molar-refractivity contribution in [1.82, 2.24) is 9.97 Å². The van der Waals surface area contributed by atoms with Crippen molar-refractivity contribution in [1.29, 1.82) is 5.26 Å². The molecule has 0 aromatic carbocycles. The molecule has 0 N–H and O–H groups in total. The molecule has 1 aliphatic rings. The van der Waals surface area contributed by atoms with E-state index < -0.39 is 0 Å². The maximum atomic E-state index is 8.66. The van der Waals surface area contributed by atoms with Crippen molar-refractivity contribution in [3.63, 3.8) is 0 Å². The molecule has 0 amide bonds. The number of rotatable bonds is 5. The van der Waals surface area contributed by atoms with Crippen LogP contribution in [0.3, 0.4) is 0 Å². The lowest BCUT2D eigenvalue weighted by Gasteiger charge is -2.22. The summed E-state index contributed by atoms with van der Waals surface area (Å²) in [6, 6.07) is 2.64. The van der Waals surface area contributed by atoms with Gasteiger partial charge in [-0.15, -0.1) is 0 Å². The van der Waals surface area contributed by atoms with Gasteiger partial charge in [-0.25, -0.2) is 9.97 Å². The first kappa shape index (κ1) is 10.9. The zero-order valence-electron chi connectivity index (χ0n) is 9.56. The van der Waals surface area contributed by atoms with Crippen LogP contribution in [-0.2, 0) is 0 Å². The van der Waals surface area contributed by atoms with Gasteiger partial charge in [0.15, 0.2) is 5.69 Å². The van der Waals surface area contributed by atoms with Gasteiger partial charge in [0, 0.05) is 12.6 Å². The van der Waals surface area contributed by atoms with Crippen LogP contribution in [0.25, 0.3) is 0 Å². The van der Waals surface area contributed by atoms with Crippen molar-refractivity contribution in [2.45, 2.75) is 38.6 Å². The molecule has 0 bridgehead atoms. The van der Waals surface area contributed by atoms with Crippen molar-refractivity contribution < 1.29 is 0 Å². The van der Waals surface area contributed by atoms with Gasteiger partial charge in [-0.2, -0.15) is 5.26 Å². The first-order valence-electron chi connectivity index (χ1n) is 5.84. The molecule has 0 aliphatic heterocycles. The van der Waals surface area contributed by atoms with Crippen LogP contribution in [0.2, 0.25) is 0 Å². The topological polar surface area (TPSA) is 52.8 Å². The molecular weight excluding hydrogens is 200 g/mol. The Kier molecular flexibility index (Phi) is 3.35. The van der Waals surface area contributed by atoms with Crippen LogP contribution >= 0.6 is 0 Å². The quantitative estimate of drug-likeness (QED) is 0.756. The maximum absolute atomic E-state index is 8.66.